The molecule has 6 heteroatoms. The molecule has 120 valence electrons. The molecule has 3 rings (SSSR count). The van der Waals surface area contributed by atoms with E-state index in [4.69, 9.17) is 4.74 Å². The average molecular weight is 313 g/mol. The zero-order chi connectivity index (χ0) is 15.7. The maximum atomic E-state index is 13.9. The lowest BCUT2D eigenvalue weighted by Gasteiger charge is -2.15. The van der Waals surface area contributed by atoms with Crippen molar-refractivity contribution >= 4 is 5.91 Å². The molecule has 2 aliphatic rings. The molecule has 22 heavy (non-hydrogen) atoms. The van der Waals surface area contributed by atoms with Crippen LogP contribution in [0.15, 0.2) is 6.07 Å². The molecule has 1 aromatic carbocycles. The molecule has 0 radical (unpaired) electrons. The standard InChI is InChI=1S/C16H18F3NO2/c17-12-7-10-2-1-9(3-4-14(21)20-8-13(18)19)15(10)11-5-6-22-16(11)12/h7,9,13H,1-6,8H2,(H,20,21). The normalized spacial score (nSPS) is 19.0. The molecule has 0 bridgehead atoms. The summed E-state index contributed by atoms with van der Waals surface area (Å²) in [4.78, 5) is 11.6. The molecule has 1 atom stereocenters. The highest BCUT2D eigenvalue weighted by Gasteiger charge is 2.31. The van der Waals surface area contributed by atoms with Crippen molar-refractivity contribution < 1.29 is 22.7 Å². The molecule has 3 nitrogen and oxygen atoms in total. The van der Waals surface area contributed by atoms with E-state index in [1.54, 1.807) is 0 Å². The van der Waals surface area contributed by atoms with Gasteiger partial charge in [0.25, 0.3) is 6.43 Å². The number of hydrogen-bond acceptors (Lipinski definition) is 2. The first-order valence-electron chi connectivity index (χ1n) is 7.58. The number of aryl methyl sites for hydroxylation is 1. The van der Waals surface area contributed by atoms with E-state index in [0.717, 1.165) is 29.5 Å². The second kappa shape index (κ2) is 6.18. The predicted octanol–water partition coefficient (Wildman–Crippen LogP) is 2.95. The van der Waals surface area contributed by atoms with E-state index < -0.39 is 13.0 Å². The Morgan fingerprint density at radius 3 is 3.00 bits per heavy atom. The Labute approximate surface area is 126 Å². The maximum absolute atomic E-state index is 13.9. The van der Waals surface area contributed by atoms with Gasteiger partial charge in [-0.15, -0.1) is 0 Å². The second-order valence-electron chi connectivity index (χ2n) is 5.81. The van der Waals surface area contributed by atoms with Crippen LogP contribution in [0.1, 0.15) is 41.9 Å². The molecule has 1 aromatic rings. The third-order valence-corrected chi connectivity index (χ3v) is 4.41. The van der Waals surface area contributed by atoms with Crippen molar-refractivity contribution in [2.24, 2.45) is 0 Å². The van der Waals surface area contributed by atoms with E-state index in [9.17, 15) is 18.0 Å². The minimum Gasteiger partial charge on any atom is -0.490 e. The number of nitrogens with one attached hydrogen (secondary N) is 1. The van der Waals surface area contributed by atoms with Crippen LogP contribution in [0.4, 0.5) is 13.2 Å². The molecule has 0 spiro atoms. The Balaban J connectivity index is 1.67. The van der Waals surface area contributed by atoms with Gasteiger partial charge in [-0.3, -0.25) is 4.79 Å². The molecular weight excluding hydrogens is 295 g/mol. The SMILES string of the molecule is O=C(CCC1CCc2cc(F)c3c(c21)CCO3)NCC(F)F. The first-order chi connectivity index (χ1) is 10.6. The van der Waals surface area contributed by atoms with Crippen LogP contribution in [0.5, 0.6) is 5.75 Å². The summed E-state index contributed by atoms with van der Waals surface area (Å²) in [5.41, 5.74) is 3.06. The summed E-state index contributed by atoms with van der Waals surface area (Å²) in [5, 5.41) is 2.22. The highest BCUT2D eigenvalue weighted by atomic mass is 19.3. The quantitative estimate of drug-likeness (QED) is 0.907. The van der Waals surface area contributed by atoms with E-state index in [2.05, 4.69) is 5.32 Å². The molecule has 0 saturated heterocycles. The van der Waals surface area contributed by atoms with Crippen LogP contribution in [0.3, 0.4) is 0 Å². The fourth-order valence-corrected chi connectivity index (χ4v) is 3.48. The number of carbonyl (C=O) groups excluding carboxylic acids is 1. The number of hydrogen-bond donors (Lipinski definition) is 1. The Bertz CT molecular complexity index is 589. The molecule has 0 aromatic heterocycles. The third-order valence-electron chi connectivity index (χ3n) is 4.41. The van der Waals surface area contributed by atoms with Crippen LogP contribution < -0.4 is 10.1 Å². The number of benzene rings is 1. The largest absolute Gasteiger partial charge is 0.490 e. The minimum atomic E-state index is -2.53. The number of alkyl halides is 2. The number of amides is 1. The van der Waals surface area contributed by atoms with Gasteiger partial charge < -0.3 is 10.1 Å². The molecule has 1 N–H and O–H groups in total. The molecule has 0 fully saturated rings. The molecule has 1 heterocycles. The zero-order valence-electron chi connectivity index (χ0n) is 12.1. The third kappa shape index (κ3) is 2.91. The molecule has 1 aliphatic heterocycles. The summed E-state index contributed by atoms with van der Waals surface area (Å²) < 4.78 is 43.4. The van der Waals surface area contributed by atoms with Gasteiger partial charge in [0.05, 0.1) is 13.2 Å². The highest BCUT2D eigenvalue weighted by Crippen LogP contribution is 2.44. The van der Waals surface area contributed by atoms with Crippen LogP contribution >= 0.6 is 0 Å². The van der Waals surface area contributed by atoms with Gasteiger partial charge in [-0.2, -0.15) is 0 Å². The fraction of sp³-hybridized carbons (Fsp3) is 0.562. The smallest absolute Gasteiger partial charge is 0.255 e. The number of ether oxygens (including phenoxy) is 1. The average Bonchev–Trinajstić information content (AvgIpc) is 3.09. The minimum absolute atomic E-state index is 0.184. The first-order valence-corrected chi connectivity index (χ1v) is 7.58. The number of rotatable bonds is 5. The van der Waals surface area contributed by atoms with Crippen molar-refractivity contribution in [1.82, 2.24) is 5.32 Å². The van der Waals surface area contributed by atoms with E-state index >= 15 is 0 Å². The Kier molecular flexibility index (Phi) is 4.27. The van der Waals surface area contributed by atoms with Gasteiger partial charge in [-0.1, -0.05) is 0 Å². The van der Waals surface area contributed by atoms with Gasteiger partial charge in [0.1, 0.15) is 0 Å². The maximum Gasteiger partial charge on any atom is 0.255 e. The van der Waals surface area contributed by atoms with Crippen LogP contribution in [0, 0.1) is 5.82 Å². The zero-order valence-corrected chi connectivity index (χ0v) is 12.1. The molecule has 1 amide bonds. The molecular formula is C16H18F3NO2. The van der Waals surface area contributed by atoms with Gasteiger partial charge in [-0.05, 0) is 42.4 Å². The summed E-state index contributed by atoms with van der Waals surface area (Å²) in [5.74, 6) is -0.124. The van der Waals surface area contributed by atoms with E-state index in [0.29, 0.717) is 25.2 Å². The van der Waals surface area contributed by atoms with Gasteiger partial charge >= 0.3 is 0 Å². The molecule has 1 aliphatic carbocycles. The van der Waals surface area contributed by atoms with E-state index in [1.165, 1.54) is 6.07 Å². The van der Waals surface area contributed by atoms with Crippen molar-refractivity contribution in [2.75, 3.05) is 13.2 Å². The first kappa shape index (κ1) is 15.2. The van der Waals surface area contributed by atoms with Gasteiger partial charge in [0, 0.05) is 18.4 Å². The lowest BCUT2D eigenvalue weighted by Crippen LogP contribution is -2.28. The topological polar surface area (TPSA) is 38.3 Å². The van der Waals surface area contributed by atoms with Crippen molar-refractivity contribution in [2.45, 2.75) is 44.4 Å². The monoisotopic (exact) mass is 313 g/mol. The fourth-order valence-electron chi connectivity index (χ4n) is 3.48. The van der Waals surface area contributed by atoms with Crippen LogP contribution in [-0.2, 0) is 17.6 Å². The number of halogens is 3. The summed E-state index contributed by atoms with van der Waals surface area (Å²) in [6.45, 7) is -0.112. The van der Waals surface area contributed by atoms with Crippen molar-refractivity contribution in [1.29, 1.82) is 0 Å². The second-order valence-corrected chi connectivity index (χ2v) is 5.81. The van der Waals surface area contributed by atoms with Crippen molar-refractivity contribution in [3.8, 4) is 5.75 Å². The van der Waals surface area contributed by atoms with Crippen LogP contribution in [0.2, 0.25) is 0 Å². The lowest BCUT2D eigenvalue weighted by molar-refractivity contribution is -0.121. The molecule has 1 unspecified atom stereocenters. The lowest BCUT2D eigenvalue weighted by atomic mass is 9.90. The Morgan fingerprint density at radius 1 is 1.41 bits per heavy atom. The van der Waals surface area contributed by atoms with Crippen LogP contribution in [0.25, 0.3) is 0 Å². The number of carbonyl (C=O) groups is 1. The van der Waals surface area contributed by atoms with Gasteiger partial charge in [0.15, 0.2) is 11.6 Å². The van der Waals surface area contributed by atoms with Crippen LogP contribution in [-0.4, -0.2) is 25.5 Å². The Hall–Kier alpha value is -1.72. The van der Waals surface area contributed by atoms with Crippen molar-refractivity contribution in [3.63, 3.8) is 0 Å². The number of fused-ring (bicyclic) bond motifs is 3. The summed E-state index contributed by atoms with van der Waals surface area (Å²) in [6, 6.07) is 1.54. The van der Waals surface area contributed by atoms with Crippen molar-refractivity contribution in [3.05, 3.63) is 28.6 Å². The summed E-state index contributed by atoms with van der Waals surface area (Å²) >= 11 is 0. The highest BCUT2D eigenvalue weighted by molar-refractivity contribution is 5.76. The van der Waals surface area contributed by atoms with Gasteiger partial charge in [-0.25, -0.2) is 13.2 Å². The predicted molar refractivity (Wildman–Crippen MR) is 74.9 cm³/mol. The summed E-state index contributed by atoms with van der Waals surface area (Å²) in [6.07, 6.45) is 0.642. The Morgan fingerprint density at radius 2 is 2.23 bits per heavy atom. The van der Waals surface area contributed by atoms with Gasteiger partial charge in [0.2, 0.25) is 5.91 Å². The van der Waals surface area contributed by atoms with E-state index in [1.807, 2.05) is 0 Å². The van der Waals surface area contributed by atoms with E-state index in [-0.39, 0.29) is 24.1 Å². The molecule has 0 saturated carbocycles. The summed E-state index contributed by atoms with van der Waals surface area (Å²) in [7, 11) is 0.